The smallest absolute Gasteiger partial charge is 0.238 e. The summed E-state index contributed by atoms with van der Waals surface area (Å²) in [6, 6.07) is 9.38. The van der Waals surface area contributed by atoms with Crippen molar-refractivity contribution in [2.45, 2.75) is 20.4 Å². The molecule has 2 aromatic rings. The van der Waals surface area contributed by atoms with Gasteiger partial charge in [-0.25, -0.2) is 0 Å². The first-order valence-corrected chi connectivity index (χ1v) is 9.31. The molecule has 1 aromatic carbocycles. The van der Waals surface area contributed by atoms with Crippen molar-refractivity contribution in [3.05, 3.63) is 51.2 Å². The molecule has 0 aliphatic rings. The lowest BCUT2D eigenvalue weighted by Crippen LogP contribution is -2.40. The van der Waals surface area contributed by atoms with Gasteiger partial charge in [0.05, 0.1) is 30.3 Å². The fourth-order valence-corrected chi connectivity index (χ4v) is 3.18. The molecule has 0 unspecified atom stereocenters. The first kappa shape index (κ1) is 19.4. The number of carbonyl (C=O) groups is 2. The molecule has 0 aliphatic heterocycles. The number of halogens is 1. The number of benzene rings is 1. The van der Waals surface area contributed by atoms with E-state index < -0.39 is 0 Å². The van der Waals surface area contributed by atoms with Crippen LogP contribution in [-0.2, 0) is 16.1 Å². The molecule has 0 aliphatic carbocycles. The number of hydrogen-bond donors (Lipinski definition) is 2. The molecule has 0 fully saturated rings. The average molecular weight is 380 g/mol. The van der Waals surface area contributed by atoms with Gasteiger partial charge in [0.2, 0.25) is 11.8 Å². The van der Waals surface area contributed by atoms with Gasteiger partial charge in [-0.3, -0.25) is 14.5 Å². The van der Waals surface area contributed by atoms with Crippen LogP contribution < -0.4 is 10.6 Å². The van der Waals surface area contributed by atoms with Gasteiger partial charge in [0.15, 0.2) is 0 Å². The highest BCUT2D eigenvalue weighted by Gasteiger charge is 2.14. The lowest BCUT2D eigenvalue weighted by molar-refractivity contribution is -0.123. The van der Waals surface area contributed by atoms with Crippen LogP contribution in [0.25, 0.3) is 0 Å². The Bertz CT molecular complexity index is 719. The second kappa shape index (κ2) is 9.56. The SMILES string of the molecule is CCN(CC(=O)NCc1cccs1)CC(=O)Nc1ccc(C)cc1Cl. The molecule has 0 saturated heterocycles. The van der Waals surface area contributed by atoms with Crippen molar-refractivity contribution in [3.8, 4) is 0 Å². The zero-order valence-electron chi connectivity index (χ0n) is 14.3. The van der Waals surface area contributed by atoms with Crippen molar-refractivity contribution in [3.63, 3.8) is 0 Å². The number of nitrogens with zero attached hydrogens (tertiary/aromatic N) is 1. The zero-order chi connectivity index (χ0) is 18.2. The zero-order valence-corrected chi connectivity index (χ0v) is 15.9. The lowest BCUT2D eigenvalue weighted by Gasteiger charge is -2.19. The summed E-state index contributed by atoms with van der Waals surface area (Å²) in [7, 11) is 0. The number of amides is 2. The van der Waals surface area contributed by atoms with Gasteiger partial charge in [-0.1, -0.05) is 30.7 Å². The Morgan fingerprint density at radius 3 is 2.60 bits per heavy atom. The second-order valence-corrected chi connectivity index (χ2v) is 7.13. The maximum atomic E-state index is 12.2. The number of nitrogens with one attached hydrogen (secondary N) is 2. The Morgan fingerprint density at radius 2 is 1.96 bits per heavy atom. The number of aryl methyl sites for hydroxylation is 1. The summed E-state index contributed by atoms with van der Waals surface area (Å²) in [5, 5.41) is 8.13. The van der Waals surface area contributed by atoms with Crippen LogP contribution in [0, 0.1) is 6.92 Å². The Hall–Kier alpha value is -1.89. The molecule has 2 N–H and O–H groups in total. The Labute approximate surface area is 157 Å². The van der Waals surface area contributed by atoms with Gasteiger partial charge in [0.25, 0.3) is 0 Å². The van der Waals surface area contributed by atoms with Gasteiger partial charge in [-0.05, 0) is 42.6 Å². The maximum absolute atomic E-state index is 12.2. The van der Waals surface area contributed by atoms with Crippen molar-refractivity contribution >= 4 is 40.4 Å². The summed E-state index contributed by atoms with van der Waals surface area (Å²) < 4.78 is 0. The van der Waals surface area contributed by atoms with Crippen LogP contribution in [0.4, 0.5) is 5.69 Å². The molecule has 0 spiro atoms. The van der Waals surface area contributed by atoms with Crippen LogP contribution in [0.5, 0.6) is 0 Å². The van der Waals surface area contributed by atoms with E-state index >= 15 is 0 Å². The fourth-order valence-electron chi connectivity index (χ4n) is 2.25. The quantitative estimate of drug-likeness (QED) is 0.739. The molecule has 0 saturated carbocycles. The van der Waals surface area contributed by atoms with Gasteiger partial charge in [0, 0.05) is 4.88 Å². The fraction of sp³-hybridized carbons (Fsp3) is 0.333. The van der Waals surface area contributed by atoms with E-state index in [1.54, 1.807) is 28.4 Å². The molecule has 0 radical (unpaired) electrons. The topological polar surface area (TPSA) is 61.4 Å². The molecule has 1 aromatic heterocycles. The van der Waals surface area contributed by atoms with Crippen LogP contribution in [-0.4, -0.2) is 36.3 Å². The van der Waals surface area contributed by atoms with Crippen molar-refractivity contribution < 1.29 is 9.59 Å². The minimum atomic E-state index is -0.196. The Balaban J connectivity index is 1.81. The number of rotatable bonds is 8. The molecule has 2 amide bonds. The predicted molar refractivity (Wildman–Crippen MR) is 103 cm³/mol. The van der Waals surface area contributed by atoms with Crippen molar-refractivity contribution in [1.29, 1.82) is 0 Å². The van der Waals surface area contributed by atoms with Crippen LogP contribution in [0.2, 0.25) is 5.02 Å². The predicted octanol–water partition coefficient (Wildman–Crippen LogP) is 3.29. The van der Waals surface area contributed by atoms with E-state index in [9.17, 15) is 9.59 Å². The normalized spacial score (nSPS) is 10.7. The maximum Gasteiger partial charge on any atom is 0.238 e. The molecule has 0 atom stereocenters. The molecule has 25 heavy (non-hydrogen) atoms. The summed E-state index contributed by atoms with van der Waals surface area (Å²) in [4.78, 5) is 27.1. The number of carbonyl (C=O) groups excluding carboxylic acids is 2. The van der Waals surface area contributed by atoms with Crippen LogP contribution in [0.15, 0.2) is 35.7 Å². The molecule has 5 nitrogen and oxygen atoms in total. The van der Waals surface area contributed by atoms with Gasteiger partial charge >= 0.3 is 0 Å². The minimum absolute atomic E-state index is 0.101. The Kier molecular flexibility index (Phi) is 7.43. The number of thiophene rings is 1. The summed E-state index contributed by atoms with van der Waals surface area (Å²) in [6.45, 7) is 5.27. The van der Waals surface area contributed by atoms with E-state index in [1.807, 2.05) is 37.4 Å². The average Bonchev–Trinajstić information content (AvgIpc) is 3.08. The third-order valence-electron chi connectivity index (χ3n) is 3.62. The minimum Gasteiger partial charge on any atom is -0.350 e. The van der Waals surface area contributed by atoms with Gasteiger partial charge in [0.1, 0.15) is 0 Å². The Morgan fingerprint density at radius 1 is 1.20 bits per heavy atom. The van der Waals surface area contributed by atoms with Crippen molar-refractivity contribution in [1.82, 2.24) is 10.2 Å². The van der Waals surface area contributed by atoms with E-state index in [4.69, 9.17) is 11.6 Å². The van der Waals surface area contributed by atoms with Crippen LogP contribution in [0.1, 0.15) is 17.4 Å². The molecule has 0 bridgehead atoms. The second-order valence-electron chi connectivity index (χ2n) is 5.69. The van der Waals surface area contributed by atoms with Crippen molar-refractivity contribution in [2.24, 2.45) is 0 Å². The van der Waals surface area contributed by atoms with Gasteiger partial charge < -0.3 is 10.6 Å². The highest BCUT2D eigenvalue weighted by molar-refractivity contribution is 7.09. The van der Waals surface area contributed by atoms with E-state index in [-0.39, 0.29) is 24.9 Å². The summed E-state index contributed by atoms with van der Waals surface area (Å²) in [5.41, 5.74) is 1.61. The highest BCUT2D eigenvalue weighted by atomic mass is 35.5. The summed E-state index contributed by atoms with van der Waals surface area (Å²) >= 11 is 7.73. The molecule has 1 heterocycles. The summed E-state index contributed by atoms with van der Waals surface area (Å²) in [6.07, 6.45) is 0. The summed E-state index contributed by atoms with van der Waals surface area (Å²) in [5.74, 6) is -0.296. The van der Waals surface area contributed by atoms with Crippen LogP contribution >= 0.6 is 22.9 Å². The van der Waals surface area contributed by atoms with Crippen molar-refractivity contribution in [2.75, 3.05) is 25.0 Å². The third kappa shape index (κ3) is 6.49. The van der Waals surface area contributed by atoms with E-state index in [0.717, 1.165) is 10.4 Å². The third-order valence-corrected chi connectivity index (χ3v) is 4.81. The van der Waals surface area contributed by atoms with Gasteiger partial charge in [-0.2, -0.15) is 0 Å². The first-order chi connectivity index (χ1) is 12.0. The monoisotopic (exact) mass is 379 g/mol. The molecular formula is C18H22ClN3O2S. The highest BCUT2D eigenvalue weighted by Crippen LogP contribution is 2.22. The molecule has 7 heteroatoms. The van der Waals surface area contributed by atoms with Gasteiger partial charge in [-0.15, -0.1) is 11.3 Å². The molecule has 134 valence electrons. The van der Waals surface area contributed by atoms with E-state index in [1.165, 1.54) is 0 Å². The first-order valence-electron chi connectivity index (χ1n) is 8.05. The number of likely N-dealkylation sites (N-methyl/N-ethyl adjacent to an activating group) is 1. The van der Waals surface area contributed by atoms with E-state index in [0.29, 0.717) is 23.8 Å². The lowest BCUT2D eigenvalue weighted by atomic mass is 10.2. The number of anilines is 1. The van der Waals surface area contributed by atoms with E-state index in [2.05, 4.69) is 10.6 Å². The standard InChI is InChI=1S/C18H22ClN3O2S/c1-3-22(11-17(23)20-10-14-5-4-8-25-14)12-18(24)21-16-7-6-13(2)9-15(16)19/h4-9H,3,10-12H2,1-2H3,(H,20,23)(H,21,24). The molecular weight excluding hydrogens is 358 g/mol. The largest absolute Gasteiger partial charge is 0.350 e. The van der Waals surface area contributed by atoms with Crippen LogP contribution in [0.3, 0.4) is 0 Å². The molecule has 2 rings (SSSR count). The number of hydrogen-bond acceptors (Lipinski definition) is 4.